The van der Waals surface area contributed by atoms with Gasteiger partial charge in [-0.05, 0) is 24.3 Å². The molecule has 3 N–H and O–H groups in total. The number of amides is 1. The summed E-state index contributed by atoms with van der Waals surface area (Å²) in [6, 6.07) is 6.51. The van der Waals surface area contributed by atoms with Crippen molar-refractivity contribution >= 4 is 29.2 Å². The molecule has 154 valence electrons. The van der Waals surface area contributed by atoms with E-state index < -0.39 is 29.5 Å². The Kier molecular flexibility index (Phi) is 4.80. The predicted molar refractivity (Wildman–Crippen MR) is 102 cm³/mol. The molecule has 4 rings (SSSR count). The van der Waals surface area contributed by atoms with Gasteiger partial charge >= 0.3 is 0 Å². The summed E-state index contributed by atoms with van der Waals surface area (Å²) in [5, 5.41) is 11.4. The zero-order valence-electron chi connectivity index (χ0n) is 15.3. The third-order valence-electron chi connectivity index (χ3n) is 4.99. The first-order valence-corrected chi connectivity index (χ1v) is 9.08. The molecule has 0 aliphatic carbocycles. The molecule has 0 spiro atoms. The number of aromatic nitrogens is 1. The maximum atomic E-state index is 15.5. The van der Waals surface area contributed by atoms with Gasteiger partial charge in [0.05, 0.1) is 23.8 Å². The smallest absolute Gasteiger partial charge is 0.283 e. The van der Waals surface area contributed by atoms with Crippen LogP contribution in [0.4, 0.5) is 14.5 Å². The molecule has 8 nitrogen and oxygen atoms in total. The number of nitrogens with zero attached hydrogens (tertiary/aromatic N) is 3. The molecule has 30 heavy (non-hydrogen) atoms. The zero-order chi connectivity index (χ0) is 21.5. The molecule has 3 heterocycles. The second-order valence-electron chi connectivity index (χ2n) is 6.87. The summed E-state index contributed by atoms with van der Waals surface area (Å²) in [4.78, 5) is 20.5. The van der Waals surface area contributed by atoms with Gasteiger partial charge in [-0.15, -0.1) is 0 Å². The number of carbonyl (C=O) groups is 1. The van der Waals surface area contributed by atoms with Crippen molar-refractivity contribution < 1.29 is 23.0 Å². The Balaban J connectivity index is 1.70. The summed E-state index contributed by atoms with van der Waals surface area (Å²) in [5.74, 6) is -1.43. The topological polar surface area (TPSA) is 123 Å². The Morgan fingerprint density at radius 3 is 2.87 bits per heavy atom. The lowest BCUT2D eigenvalue weighted by Gasteiger charge is -2.38. The SMILES string of the molecule is N#Cc1cnc(C(=O)Nc2ccc(F)c([C@]34COC[C@@]3(F)COC(N)=N4)c2)c(Cl)c1. The molecular weight excluding hydrogens is 420 g/mol. The van der Waals surface area contributed by atoms with Crippen LogP contribution >= 0.6 is 11.6 Å². The highest BCUT2D eigenvalue weighted by Crippen LogP contribution is 2.48. The third kappa shape index (κ3) is 3.12. The monoisotopic (exact) mass is 433 g/mol. The highest BCUT2D eigenvalue weighted by Gasteiger charge is 2.62. The number of anilines is 1. The van der Waals surface area contributed by atoms with Crippen LogP contribution in [0.25, 0.3) is 0 Å². The Hall–Kier alpha value is -3.29. The van der Waals surface area contributed by atoms with Crippen molar-refractivity contribution in [1.82, 2.24) is 4.98 Å². The Morgan fingerprint density at radius 1 is 1.33 bits per heavy atom. The Bertz CT molecular complexity index is 1120. The number of nitriles is 1. The number of hydrogen-bond acceptors (Lipinski definition) is 7. The minimum absolute atomic E-state index is 0.0266. The number of pyridine rings is 1. The van der Waals surface area contributed by atoms with Crippen molar-refractivity contribution in [2.24, 2.45) is 10.7 Å². The van der Waals surface area contributed by atoms with E-state index in [1.165, 1.54) is 24.4 Å². The number of hydrogen-bond donors (Lipinski definition) is 2. The van der Waals surface area contributed by atoms with Gasteiger partial charge in [-0.25, -0.2) is 18.8 Å². The van der Waals surface area contributed by atoms with Crippen molar-refractivity contribution in [3.05, 3.63) is 58.1 Å². The maximum absolute atomic E-state index is 15.5. The lowest BCUT2D eigenvalue weighted by atomic mass is 9.78. The van der Waals surface area contributed by atoms with Gasteiger partial charge in [-0.2, -0.15) is 5.26 Å². The van der Waals surface area contributed by atoms with E-state index in [0.717, 1.165) is 6.07 Å². The number of fused-ring (bicyclic) bond motifs is 1. The molecule has 0 saturated carbocycles. The van der Waals surface area contributed by atoms with Gasteiger partial charge in [0, 0.05) is 17.4 Å². The number of halogens is 3. The summed E-state index contributed by atoms with van der Waals surface area (Å²) < 4.78 is 40.5. The van der Waals surface area contributed by atoms with Gasteiger partial charge < -0.3 is 20.5 Å². The highest BCUT2D eigenvalue weighted by atomic mass is 35.5. The molecule has 0 bridgehead atoms. The summed E-state index contributed by atoms with van der Waals surface area (Å²) in [5.41, 5.74) is 1.84. The standard InChI is InChI=1S/C19H14ClF2N5O3/c20-13-3-10(5-23)6-25-15(13)16(28)26-11-1-2-14(21)12(4-11)19-9-29-7-18(19,22)8-30-17(24)27-19/h1-4,6H,7-9H2,(H2,24,27)(H,26,28)/t18-,19-/m1/s1. The van der Waals surface area contributed by atoms with Crippen molar-refractivity contribution in [2.45, 2.75) is 11.2 Å². The molecule has 2 atom stereocenters. The average molecular weight is 434 g/mol. The summed E-state index contributed by atoms with van der Waals surface area (Å²) in [7, 11) is 0. The van der Waals surface area contributed by atoms with E-state index in [0.29, 0.717) is 0 Å². The van der Waals surface area contributed by atoms with Crippen molar-refractivity contribution in [3.63, 3.8) is 0 Å². The molecule has 1 aromatic heterocycles. The molecule has 0 radical (unpaired) electrons. The van der Waals surface area contributed by atoms with Crippen LogP contribution in [0.1, 0.15) is 21.6 Å². The number of aliphatic imine (C=N–C) groups is 1. The van der Waals surface area contributed by atoms with Crippen LogP contribution in [-0.2, 0) is 15.0 Å². The number of alkyl halides is 1. The summed E-state index contributed by atoms with van der Waals surface area (Å²) in [6.07, 6.45) is 1.20. The fourth-order valence-electron chi connectivity index (χ4n) is 3.47. The normalized spacial score (nSPS) is 24.9. The molecule has 0 unspecified atom stereocenters. The second-order valence-corrected chi connectivity index (χ2v) is 7.28. The Labute approximate surface area is 174 Å². The van der Waals surface area contributed by atoms with Crippen LogP contribution < -0.4 is 11.1 Å². The second kappa shape index (κ2) is 7.19. The van der Waals surface area contributed by atoms with E-state index in [4.69, 9.17) is 32.1 Å². The maximum Gasteiger partial charge on any atom is 0.283 e. The van der Waals surface area contributed by atoms with Crippen LogP contribution in [0.2, 0.25) is 5.02 Å². The van der Waals surface area contributed by atoms with E-state index in [1.54, 1.807) is 0 Å². The summed E-state index contributed by atoms with van der Waals surface area (Å²) in [6.45, 7) is -1.03. The lowest BCUT2D eigenvalue weighted by molar-refractivity contribution is 0.00905. The zero-order valence-corrected chi connectivity index (χ0v) is 16.0. The first-order valence-electron chi connectivity index (χ1n) is 8.70. The van der Waals surface area contributed by atoms with Crippen LogP contribution in [-0.4, -0.2) is 42.4 Å². The fourth-order valence-corrected chi connectivity index (χ4v) is 3.72. The first-order chi connectivity index (χ1) is 14.3. The van der Waals surface area contributed by atoms with E-state index in [-0.39, 0.29) is 46.8 Å². The number of carbonyl (C=O) groups excluding carboxylic acids is 1. The van der Waals surface area contributed by atoms with Crippen LogP contribution in [0.3, 0.4) is 0 Å². The number of ether oxygens (including phenoxy) is 2. The van der Waals surface area contributed by atoms with Gasteiger partial charge in [0.25, 0.3) is 11.9 Å². The van der Waals surface area contributed by atoms with E-state index in [2.05, 4.69) is 15.3 Å². The van der Waals surface area contributed by atoms with Crippen molar-refractivity contribution in [1.29, 1.82) is 5.26 Å². The molecule has 2 aromatic rings. The molecule has 2 aliphatic heterocycles. The lowest BCUT2D eigenvalue weighted by Crippen LogP contribution is -2.55. The number of rotatable bonds is 3. The molecule has 2 aliphatic rings. The minimum Gasteiger partial charge on any atom is -0.462 e. The van der Waals surface area contributed by atoms with Gasteiger partial charge in [0.1, 0.15) is 24.2 Å². The van der Waals surface area contributed by atoms with Gasteiger partial charge in [0.2, 0.25) is 0 Å². The molecule has 1 fully saturated rings. The number of amidine groups is 1. The van der Waals surface area contributed by atoms with Crippen molar-refractivity contribution in [3.8, 4) is 6.07 Å². The highest BCUT2D eigenvalue weighted by molar-refractivity contribution is 6.34. The van der Waals surface area contributed by atoms with Crippen LogP contribution in [0.15, 0.2) is 35.5 Å². The minimum atomic E-state index is -2.13. The molecule has 1 saturated heterocycles. The van der Waals surface area contributed by atoms with E-state index >= 15 is 4.39 Å². The molecule has 1 amide bonds. The van der Waals surface area contributed by atoms with Crippen LogP contribution in [0, 0.1) is 17.1 Å². The summed E-state index contributed by atoms with van der Waals surface area (Å²) >= 11 is 6.01. The van der Waals surface area contributed by atoms with E-state index in [9.17, 15) is 9.18 Å². The number of nitrogens with two attached hydrogens (primary N) is 1. The van der Waals surface area contributed by atoms with Gasteiger partial charge in [-0.3, -0.25) is 4.79 Å². The molecule has 1 aromatic carbocycles. The van der Waals surface area contributed by atoms with Gasteiger partial charge in [0.15, 0.2) is 11.2 Å². The third-order valence-corrected chi connectivity index (χ3v) is 5.28. The largest absolute Gasteiger partial charge is 0.462 e. The number of nitrogens with one attached hydrogen (secondary N) is 1. The first kappa shape index (κ1) is 20.0. The molecule has 11 heteroatoms. The van der Waals surface area contributed by atoms with Crippen LogP contribution in [0.5, 0.6) is 0 Å². The fraction of sp³-hybridized carbons (Fsp3) is 0.263. The Morgan fingerprint density at radius 2 is 2.13 bits per heavy atom. The molecular formula is C19H14ClF2N5O3. The number of benzene rings is 1. The quantitative estimate of drug-likeness (QED) is 0.765. The van der Waals surface area contributed by atoms with Crippen molar-refractivity contribution in [2.75, 3.05) is 25.1 Å². The van der Waals surface area contributed by atoms with E-state index in [1.807, 2.05) is 6.07 Å². The predicted octanol–water partition coefficient (Wildman–Crippen LogP) is 2.28. The van der Waals surface area contributed by atoms with Gasteiger partial charge in [-0.1, -0.05) is 11.6 Å². The average Bonchev–Trinajstić information content (AvgIpc) is 3.06.